The second-order valence-electron chi connectivity index (χ2n) is 3.83. The molecule has 0 bridgehead atoms. The smallest absolute Gasteiger partial charge is 0.110 e. The summed E-state index contributed by atoms with van der Waals surface area (Å²) in [5, 5.41) is 6.70. The minimum Gasteiger partial charge on any atom is -0.309 e. The predicted molar refractivity (Wildman–Crippen MR) is 83.4 cm³/mol. The molecule has 2 nitrogen and oxygen atoms in total. The molecule has 0 fully saturated rings. The van der Waals surface area contributed by atoms with Crippen molar-refractivity contribution >= 4 is 39.0 Å². The van der Waals surface area contributed by atoms with Crippen molar-refractivity contribution in [1.29, 1.82) is 0 Å². The molecule has 0 aliphatic rings. The van der Waals surface area contributed by atoms with Gasteiger partial charge in [0.15, 0.2) is 0 Å². The summed E-state index contributed by atoms with van der Waals surface area (Å²) < 4.78 is 1.07. The van der Waals surface area contributed by atoms with E-state index >= 15 is 0 Å². The molecule has 0 aliphatic carbocycles. The molecule has 2 rings (SSSR count). The van der Waals surface area contributed by atoms with Crippen LogP contribution in [-0.4, -0.2) is 17.3 Å². The van der Waals surface area contributed by atoms with Gasteiger partial charge >= 0.3 is 0 Å². The van der Waals surface area contributed by atoms with E-state index in [1.54, 1.807) is 23.1 Å². The van der Waals surface area contributed by atoms with Crippen LogP contribution in [0.1, 0.15) is 17.8 Å². The third-order valence-electron chi connectivity index (χ3n) is 2.49. The Hall–Kier alpha value is -0.360. The van der Waals surface area contributed by atoms with E-state index in [4.69, 9.17) is 0 Å². The Kier molecular flexibility index (Phi) is 5.69. The van der Waals surface area contributed by atoms with Gasteiger partial charge < -0.3 is 5.32 Å². The Balaban J connectivity index is 1.72. The number of thioether (sulfide) groups is 1. The Morgan fingerprint density at radius 1 is 1.44 bits per heavy atom. The van der Waals surface area contributed by atoms with Gasteiger partial charge in [0.25, 0.3) is 0 Å². The molecule has 1 N–H and O–H groups in total. The highest BCUT2D eigenvalue weighted by Gasteiger charge is 2.05. The fourth-order valence-corrected chi connectivity index (χ4v) is 3.65. The van der Waals surface area contributed by atoms with Gasteiger partial charge in [-0.2, -0.15) is 0 Å². The maximum absolute atomic E-state index is 4.34. The van der Waals surface area contributed by atoms with E-state index in [1.165, 1.54) is 4.88 Å². The Morgan fingerprint density at radius 2 is 2.33 bits per heavy atom. The van der Waals surface area contributed by atoms with Gasteiger partial charge in [-0.1, -0.05) is 6.07 Å². The Labute approximate surface area is 124 Å². The van der Waals surface area contributed by atoms with Crippen molar-refractivity contribution in [3.8, 4) is 0 Å². The van der Waals surface area contributed by atoms with Crippen LogP contribution in [-0.2, 0) is 0 Å². The highest BCUT2D eigenvalue weighted by molar-refractivity contribution is 9.10. The Bertz CT molecular complexity index is 474. The number of nitrogens with one attached hydrogen (secondary N) is 1. The lowest BCUT2D eigenvalue weighted by Gasteiger charge is -2.11. The van der Waals surface area contributed by atoms with Gasteiger partial charge in [0.1, 0.15) is 5.03 Å². The van der Waals surface area contributed by atoms with E-state index in [2.05, 4.69) is 50.7 Å². The molecule has 5 heteroatoms. The van der Waals surface area contributed by atoms with Crippen molar-refractivity contribution in [1.82, 2.24) is 10.3 Å². The average molecular weight is 343 g/mol. The van der Waals surface area contributed by atoms with E-state index in [1.807, 2.05) is 18.3 Å². The van der Waals surface area contributed by atoms with Crippen LogP contribution in [0.3, 0.4) is 0 Å². The van der Waals surface area contributed by atoms with Gasteiger partial charge in [-0.15, -0.1) is 23.1 Å². The molecule has 1 atom stereocenters. The number of halogens is 1. The second-order valence-corrected chi connectivity index (χ2v) is 6.75. The summed E-state index contributed by atoms with van der Waals surface area (Å²) in [6, 6.07) is 8.66. The highest BCUT2D eigenvalue weighted by atomic mass is 79.9. The van der Waals surface area contributed by atoms with Crippen molar-refractivity contribution in [2.45, 2.75) is 18.0 Å². The average Bonchev–Trinajstić information content (AvgIpc) is 2.90. The van der Waals surface area contributed by atoms with Gasteiger partial charge in [-0.25, -0.2) is 4.98 Å². The number of hydrogen-bond acceptors (Lipinski definition) is 4. The maximum atomic E-state index is 4.34. The van der Waals surface area contributed by atoms with Crippen LogP contribution < -0.4 is 5.32 Å². The molecule has 0 aliphatic heterocycles. The number of nitrogens with zero attached hydrogens (tertiary/aromatic N) is 1. The van der Waals surface area contributed by atoms with Crippen molar-refractivity contribution < 1.29 is 0 Å². The second kappa shape index (κ2) is 7.28. The van der Waals surface area contributed by atoms with Gasteiger partial charge in [0.05, 0.1) is 0 Å². The molecule has 0 saturated carbocycles. The topological polar surface area (TPSA) is 24.9 Å². The van der Waals surface area contributed by atoms with Gasteiger partial charge in [0, 0.05) is 33.9 Å². The van der Waals surface area contributed by atoms with Crippen molar-refractivity contribution in [3.63, 3.8) is 0 Å². The zero-order chi connectivity index (χ0) is 12.8. The SMILES string of the molecule is CC(NCCSc1ncccc1Br)c1cccs1. The lowest BCUT2D eigenvalue weighted by molar-refractivity contribution is 0.610. The summed E-state index contributed by atoms with van der Waals surface area (Å²) in [4.78, 5) is 5.72. The first-order chi connectivity index (χ1) is 8.77. The van der Waals surface area contributed by atoms with Gasteiger partial charge in [0.2, 0.25) is 0 Å². The maximum Gasteiger partial charge on any atom is 0.110 e. The minimum absolute atomic E-state index is 0.428. The molecule has 0 spiro atoms. The number of aromatic nitrogens is 1. The number of pyridine rings is 1. The van der Waals surface area contributed by atoms with E-state index in [-0.39, 0.29) is 0 Å². The first-order valence-corrected chi connectivity index (χ1v) is 8.43. The van der Waals surface area contributed by atoms with Gasteiger partial charge in [-0.3, -0.25) is 0 Å². The molecule has 0 aromatic carbocycles. The largest absolute Gasteiger partial charge is 0.309 e. The minimum atomic E-state index is 0.428. The van der Waals surface area contributed by atoms with Crippen LogP contribution in [0.2, 0.25) is 0 Å². The predicted octanol–water partition coefficient (Wildman–Crippen LogP) is 4.35. The van der Waals surface area contributed by atoms with Crippen LogP contribution in [0.5, 0.6) is 0 Å². The molecule has 96 valence electrons. The summed E-state index contributed by atoms with van der Waals surface area (Å²) in [5.41, 5.74) is 0. The summed E-state index contributed by atoms with van der Waals surface area (Å²) >= 11 is 7.07. The van der Waals surface area contributed by atoms with Crippen molar-refractivity contribution in [3.05, 3.63) is 45.2 Å². The Morgan fingerprint density at radius 3 is 3.06 bits per heavy atom. The molecule has 2 aromatic rings. The van der Waals surface area contributed by atoms with Crippen molar-refractivity contribution in [2.24, 2.45) is 0 Å². The van der Waals surface area contributed by atoms with Crippen LogP contribution in [0.15, 0.2) is 45.3 Å². The lowest BCUT2D eigenvalue weighted by atomic mass is 10.3. The number of thiophene rings is 1. The van der Waals surface area contributed by atoms with Crippen LogP contribution >= 0.6 is 39.0 Å². The fraction of sp³-hybridized carbons (Fsp3) is 0.308. The quantitative estimate of drug-likeness (QED) is 0.624. The van der Waals surface area contributed by atoms with Crippen LogP contribution in [0.4, 0.5) is 0 Å². The van der Waals surface area contributed by atoms with Crippen LogP contribution in [0, 0.1) is 0 Å². The zero-order valence-corrected chi connectivity index (χ0v) is 13.3. The molecule has 0 amide bonds. The summed E-state index contributed by atoms with van der Waals surface area (Å²) in [6.45, 7) is 3.18. The first-order valence-electron chi connectivity index (χ1n) is 5.77. The van der Waals surface area contributed by atoms with E-state index in [0.29, 0.717) is 6.04 Å². The highest BCUT2D eigenvalue weighted by Crippen LogP contribution is 2.24. The third-order valence-corrected chi connectivity index (χ3v) is 5.45. The third kappa shape index (κ3) is 4.09. The van der Waals surface area contributed by atoms with E-state index < -0.39 is 0 Å². The molecular formula is C13H15BrN2S2. The monoisotopic (exact) mass is 342 g/mol. The number of rotatable bonds is 6. The lowest BCUT2D eigenvalue weighted by Crippen LogP contribution is -2.20. The molecule has 18 heavy (non-hydrogen) atoms. The molecule has 2 aromatic heterocycles. The molecule has 0 radical (unpaired) electrons. The van der Waals surface area contributed by atoms with Crippen LogP contribution in [0.25, 0.3) is 0 Å². The fourth-order valence-electron chi connectivity index (χ4n) is 1.54. The summed E-state index contributed by atoms with van der Waals surface area (Å²) in [7, 11) is 0. The molecule has 1 unspecified atom stereocenters. The van der Waals surface area contributed by atoms with E-state index in [0.717, 1.165) is 21.8 Å². The van der Waals surface area contributed by atoms with Gasteiger partial charge in [-0.05, 0) is 46.4 Å². The normalized spacial score (nSPS) is 12.6. The zero-order valence-electron chi connectivity index (χ0n) is 10.1. The summed E-state index contributed by atoms with van der Waals surface area (Å²) in [6.07, 6.45) is 1.83. The van der Waals surface area contributed by atoms with Crippen molar-refractivity contribution in [2.75, 3.05) is 12.3 Å². The summed E-state index contributed by atoms with van der Waals surface area (Å²) in [5.74, 6) is 1.02. The van der Waals surface area contributed by atoms with E-state index in [9.17, 15) is 0 Å². The number of hydrogen-bond donors (Lipinski definition) is 1. The molecular weight excluding hydrogens is 328 g/mol. The first kappa shape index (κ1) is 14.1. The molecule has 0 saturated heterocycles. The standard InChI is InChI=1S/C13H15BrN2S2/c1-10(12-5-3-8-17-12)15-7-9-18-13-11(14)4-2-6-16-13/h2-6,8,10,15H,7,9H2,1H3. The molecule has 2 heterocycles.